The van der Waals surface area contributed by atoms with E-state index in [-0.39, 0.29) is 11.9 Å². The zero-order valence-electron chi connectivity index (χ0n) is 7.32. The van der Waals surface area contributed by atoms with Crippen LogP contribution >= 0.6 is 0 Å². The van der Waals surface area contributed by atoms with Crippen LogP contribution in [0.3, 0.4) is 0 Å². The molecule has 1 saturated heterocycles. The summed E-state index contributed by atoms with van der Waals surface area (Å²) in [7, 11) is 0. The van der Waals surface area contributed by atoms with Crippen molar-refractivity contribution in [3.8, 4) is 0 Å². The monoisotopic (exact) mass is 173 g/mol. The third kappa shape index (κ3) is 2.46. The maximum Gasteiger partial charge on any atom is 0.309 e. The first-order chi connectivity index (χ1) is 5.74. The fourth-order valence-corrected chi connectivity index (χ4v) is 1.36. The van der Waals surface area contributed by atoms with Gasteiger partial charge in [0.1, 0.15) is 0 Å². The summed E-state index contributed by atoms with van der Waals surface area (Å²) in [5.41, 5.74) is 0. The Morgan fingerprint density at radius 1 is 1.58 bits per heavy atom. The van der Waals surface area contributed by atoms with Gasteiger partial charge in [0.25, 0.3) is 0 Å². The molecular weight excluding hydrogens is 158 g/mol. The van der Waals surface area contributed by atoms with Crippen LogP contribution in [-0.4, -0.2) is 35.9 Å². The summed E-state index contributed by atoms with van der Waals surface area (Å²) in [5, 5.41) is 10.3. The summed E-state index contributed by atoms with van der Waals surface area (Å²) in [4.78, 5) is 11.2. The van der Waals surface area contributed by atoms with Gasteiger partial charge >= 0.3 is 5.97 Å². The van der Waals surface area contributed by atoms with Crippen LogP contribution in [0.15, 0.2) is 0 Å². The van der Waals surface area contributed by atoms with E-state index in [0.717, 1.165) is 0 Å². The van der Waals surface area contributed by atoms with Gasteiger partial charge < -0.3 is 9.94 Å². The molecule has 0 bridgehead atoms. The van der Waals surface area contributed by atoms with Gasteiger partial charge in [-0.2, -0.15) is 5.06 Å². The molecule has 70 valence electrons. The van der Waals surface area contributed by atoms with E-state index in [1.165, 1.54) is 5.06 Å². The fourth-order valence-electron chi connectivity index (χ4n) is 1.36. The van der Waals surface area contributed by atoms with Crippen LogP contribution in [0.25, 0.3) is 0 Å². The predicted molar refractivity (Wildman–Crippen MR) is 42.7 cm³/mol. The second kappa shape index (κ2) is 4.42. The average molecular weight is 173 g/mol. The Kier molecular flexibility index (Phi) is 3.49. The van der Waals surface area contributed by atoms with Gasteiger partial charge in [-0.3, -0.25) is 4.79 Å². The van der Waals surface area contributed by atoms with Gasteiger partial charge in [0, 0.05) is 13.1 Å². The topological polar surface area (TPSA) is 49.8 Å². The number of piperidine rings is 1. The zero-order chi connectivity index (χ0) is 8.97. The van der Waals surface area contributed by atoms with Crippen molar-refractivity contribution in [3.63, 3.8) is 0 Å². The number of carbonyl (C=O) groups excluding carboxylic acids is 1. The number of esters is 1. The molecule has 1 N–H and O–H groups in total. The molecule has 1 fully saturated rings. The number of hydroxylamine groups is 2. The molecule has 0 aliphatic carbocycles. The molecule has 1 heterocycles. The molecule has 0 aromatic rings. The summed E-state index contributed by atoms with van der Waals surface area (Å²) < 4.78 is 4.88. The van der Waals surface area contributed by atoms with E-state index in [2.05, 4.69) is 0 Å². The van der Waals surface area contributed by atoms with Crippen LogP contribution in [0.2, 0.25) is 0 Å². The Labute approximate surface area is 72.1 Å². The molecule has 4 nitrogen and oxygen atoms in total. The molecule has 0 aromatic carbocycles. The molecule has 0 aromatic heterocycles. The van der Waals surface area contributed by atoms with Crippen LogP contribution in [0.5, 0.6) is 0 Å². The highest BCUT2D eigenvalue weighted by Gasteiger charge is 2.24. The van der Waals surface area contributed by atoms with Crippen molar-refractivity contribution >= 4 is 5.97 Å². The molecule has 4 heteroatoms. The summed E-state index contributed by atoms with van der Waals surface area (Å²) >= 11 is 0. The highest BCUT2D eigenvalue weighted by molar-refractivity contribution is 5.72. The fraction of sp³-hybridized carbons (Fsp3) is 0.875. The maximum atomic E-state index is 11.2. The molecule has 0 atom stereocenters. The molecule has 0 amide bonds. The molecular formula is C8H15NO3. The van der Waals surface area contributed by atoms with Gasteiger partial charge in [-0.1, -0.05) is 0 Å². The lowest BCUT2D eigenvalue weighted by Crippen LogP contribution is -2.34. The summed E-state index contributed by atoms with van der Waals surface area (Å²) in [6.07, 6.45) is 1.41. The zero-order valence-corrected chi connectivity index (χ0v) is 7.32. The van der Waals surface area contributed by atoms with Crippen LogP contribution < -0.4 is 0 Å². The van der Waals surface area contributed by atoms with Crippen LogP contribution in [0.1, 0.15) is 19.8 Å². The average Bonchev–Trinajstić information content (AvgIpc) is 2.06. The molecule has 1 aliphatic rings. The second-order valence-corrected chi connectivity index (χ2v) is 2.98. The minimum atomic E-state index is -0.120. The van der Waals surface area contributed by atoms with Crippen LogP contribution in [0.4, 0.5) is 0 Å². The predicted octanol–water partition coefficient (Wildman–Crippen LogP) is 0.651. The van der Waals surface area contributed by atoms with Crippen molar-refractivity contribution in [2.45, 2.75) is 19.8 Å². The number of nitrogens with zero attached hydrogens (tertiary/aromatic N) is 1. The smallest absolute Gasteiger partial charge is 0.309 e. The van der Waals surface area contributed by atoms with Crippen molar-refractivity contribution in [1.29, 1.82) is 0 Å². The number of hydrogen-bond donors (Lipinski definition) is 1. The highest BCUT2D eigenvalue weighted by atomic mass is 16.5. The normalized spacial score (nSPS) is 20.8. The van der Waals surface area contributed by atoms with Gasteiger partial charge in [0.05, 0.1) is 12.5 Å². The van der Waals surface area contributed by atoms with Crippen molar-refractivity contribution in [3.05, 3.63) is 0 Å². The molecule has 0 spiro atoms. The maximum absolute atomic E-state index is 11.2. The van der Waals surface area contributed by atoms with Crippen LogP contribution in [-0.2, 0) is 9.53 Å². The third-order valence-electron chi connectivity index (χ3n) is 2.09. The van der Waals surface area contributed by atoms with Crippen molar-refractivity contribution in [2.75, 3.05) is 19.7 Å². The third-order valence-corrected chi connectivity index (χ3v) is 2.09. The SMILES string of the molecule is CCOC(=O)C1CCN(O)CC1. The molecule has 0 unspecified atom stereocenters. The summed E-state index contributed by atoms with van der Waals surface area (Å²) in [6, 6.07) is 0. The van der Waals surface area contributed by atoms with E-state index in [4.69, 9.17) is 9.94 Å². The van der Waals surface area contributed by atoms with E-state index in [9.17, 15) is 4.79 Å². The lowest BCUT2D eigenvalue weighted by atomic mass is 9.98. The molecule has 1 aliphatic heterocycles. The first kappa shape index (κ1) is 9.48. The highest BCUT2D eigenvalue weighted by Crippen LogP contribution is 2.16. The van der Waals surface area contributed by atoms with Gasteiger partial charge in [-0.25, -0.2) is 0 Å². The van der Waals surface area contributed by atoms with E-state index in [0.29, 0.717) is 32.5 Å². The van der Waals surface area contributed by atoms with Crippen molar-refractivity contribution in [1.82, 2.24) is 5.06 Å². The van der Waals surface area contributed by atoms with Gasteiger partial charge in [0.15, 0.2) is 0 Å². The Bertz CT molecular complexity index is 152. The molecule has 0 radical (unpaired) electrons. The quantitative estimate of drug-likeness (QED) is 0.623. The Balaban J connectivity index is 2.29. The standard InChI is InChI=1S/C8H15NO3/c1-2-12-8(10)7-3-5-9(11)6-4-7/h7,11H,2-6H2,1H3. The lowest BCUT2D eigenvalue weighted by molar-refractivity contribution is -0.156. The Morgan fingerprint density at radius 2 is 2.17 bits per heavy atom. The van der Waals surface area contributed by atoms with E-state index < -0.39 is 0 Å². The molecule has 12 heavy (non-hydrogen) atoms. The molecule has 1 rings (SSSR count). The number of ether oxygens (including phenoxy) is 1. The minimum absolute atomic E-state index is 0.00616. The van der Waals surface area contributed by atoms with E-state index in [1.807, 2.05) is 0 Å². The largest absolute Gasteiger partial charge is 0.466 e. The Hall–Kier alpha value is -0.610. The van der Waals surface area contributed by atoms with Gasteiger partial charge in [-0.05, 0) is 19.8 Å². The number of hydrogen-bond acceptors (Lipinski definition) is 4. The summed E-state index contributed by atoms with van der Waals surface area (Å²) in [6.45, 7) is 3.39. The van der Waals surface area contributed by atoms with Crippen molar-refractivity contribution in [2.24, 2.45) is 5.92 Å². The van der Waals surface area contributed by atoms with E-state index in [1.54, 1.807) is 6.92 Å². The minimum Gasteiger partial charge on any atom is -0.466 e. The first-order valence-electron chi connectivity index (χ1n) is 4.34. The van der Waals surface area contributed by atoms with Gasteiger partial charge in [-0.15, -0.1) is 0 Å². The first-order valence-corrected chi connectivity index (χ1v) is 4.34. The lowest BCUT2D eigenvalue weighted by Gasteiger charge is -2.25. The Morgan fingerprint density at radius 3 is 2.67 bits per heavy atom. The second-order valence-electron chi connectivity index (χ2n) is 2.98. The van der Waals surface area contributed by atoms with Crippen LogP contribution in [0, 0.1) is 5.92 Å². The summed E-state index contributed by atoms with van der Waals surface area (Å²) in [5.74, 6) is -0.126. The molecule has 0 saturated carbocycles. The van der Waals surface area contributed by atoms with E-state index >= 15 is 0 Å². The number of carbonyl (C=O) groups is 1. The van der Waals surface area contributed by atoms with Gasteiger partial charge in [0.2, 0.25) is 0 Å². The number of rotatable bonds is 2. The van der Waals surface area contributed by atoms with Crippen molar-refractivity contribution < 1.29 is 14.7 Å².